The van der Waals surface area contributed by atoms with Gasteiger partial charge in [-0.05, 0) is 46.3 Å². The molecule has 0 saturated carbocycles. The van der Waals surface area contributed by atoms with Crippen LogP contribution in [0.25, 0.3) is 0 Å². The van der Waals surface area contributed by atoms with Crippen molar-refractivity contribution < 1.29 is 9.53 Å². The van der Waals surface area contributed by atoms with E-state index >= 15 is 0 Å². The molecule has 20 heavy (non-hydrogen) atoms. The minimum atomic E-state index is -0.272. The molecule has 0 atom stereocenters. The van der Waals surface area contributed by atoms with Crippen LogP contribution in [0.3, 0.4) is 0 Å². The van der Waals surface area contributed by atoms with Crippen molar-refractivity contribution >= 4 is 55.1 Å². The Morgan fingerprint density at radius 3 is 2.65 bits per heavy atom. The van der Waals surface area contributed by atoms with Crippen molar-refractivity contribution in [2.75, 3.05) is 12.4 Å². The van der Waals surface area contributed by atoms with Gasteiger partial charge in [-0.3, -0.25) is 4.79 Å². The zero-order valence-corrected chi connectivity index (χ0v) is 14.3. The Balaban J connectivity index is 2.34. The maximum atomic E-state index is 12.3. The molecule has 0 aliphatic heterocycles. The van der Waals surface area contributed by atoms with Gasteiger partial charge in [0.15, 0.2) is 0 Å². The molecular weight excluding hydrogens is 409 g/mol. The molecule has 1 N–H and O–H groups in total. The van der Waals surface area contributed by atoms with Crippen LogP contribution in [0.15, 0.2) is 45.3 Å². The number of methoxy groups -OCH3 is 1. The van der Waals surface area contributed by atoms with Gasteiger partial charge in [-0.15, -0.1) is 0 Å². The average molecular weight is 420 g/mol. The monoisotopic (exact) mass is 417 g/mol. The van der Waals surface area contributed by atoms with Crippen LogP contribution in [0.2, 0.25) is 5.02 Å². The molecule has 1 amide bonds. The zero-order chi connectivity index (χ0) is 14.7. The number of hydrogen-bond donors (Lipinski definition) is 1. The van der Waals surface area contributed by atoms with Crippen molar-refractivity contribution in [3.63, 3.8) is 0 Å². The standard InChI is InChI=1S/C14H10Br2ClNO2/c1-20-13-11(5-8(15)6-12(13)16)14(19)18-10-4-2-3-9(17)7-10/h2-7H,1H3,(H,18,19). The van der Waals surface area contributed by atoms with E-state index in [1.54, 1.807) is 30.3 Å². The first-order valence-electron chi connectivity index (χ1n) is 5.61. The van der Waals surface area contributed by atoms with E-state index in [1.165, 1.54) is 7.11 Å². The number of halogens is 3. The first kappa shape index (κ1) is 15.4. The summed E-state index contributed by atoms with van der Waals surface area (Å²) >= 11 is 12.6. The van der Waals surface area contributed by atoms with Crippen molar-refractivity contribution in [1.29, 1.82) is 0 Å². The van der Waals surface area contributed by atoms with Crippen LogP contribution < -0.4 is 10.1 Å². The van der Waals surface area contributed by atoms with Gasteiger partial charge in [0, 0.05) is 15.2 Å². The minimum absolute atomic E-state index is 0.272. The van der Waals surface area contributed by atoms with Crippen molar-refractivity contribution in [2.24, 2.45) is 0 Å². The van der Waals surface area contributed by atoms with Crippen molar-refractivity contribution in [2.45, 2.75) is 0 Å². The lowest BCUT2D eigenvalue weighted by Gasteiger charge is -2.12. The van der Waals surface area contributed by atoms with Gasteiger partial charge < -0.3 is 10.1 Å². The van der Waals surface area contributed by atoms with Crippen LogP contribution in [0.4, 0.5) is 5.69 Å². The van der Waals surface area contributed by atoms with Gasteiger partial charge in [0.2, 0.25) is 0 Å². The third-order valence-electron chi connectivity index (χ3n) is 2.54. The van der Waals surface area contributed by atoms with Gasteiger partial charge in [-0.2, -0.15) is 0 Å². The van der Waals surface area contributed by atoms with Crippen LogP contribution in [0, 0.1) is 0 Å². The second-order valence-corrected chi connectivity index (χ2v) is 6.14. The van der Waals surface area contributed by atoms with Crippen LogP contribution >= 0.6 is 43.5 Å². The molecule has 2 rings (SSSR count). The van der Waals surface area contributed by atoms with Gasteiger partial charge in [0.25, 0.3) is 5.91 Å². The van der Waals surface area contributed by atoms with E-state index in [4.69, 9.17) is 16.3 Å². The third-order valence-corrected chi connectivity index (χ3v) is 3.82. The Bertz CT molecular complexity index is 662. The molecule has 0 spiro atoms. The summed E-state index contributed by atoms with van der Waals surface area (Å²) < 4.78 is 6.74. The fourth-order valence-corrected chi connectivity index (χ4v) is 3.28. The maximum absolute atomic E-state index is 12.3. The summed E-state index contributed by atoms with van der Waals surface area (Å²) in [6.45, 7) is 0. The molecule has 0 fully saturated rings. The number of benzene rings is 2. The number of amides is 1. The Kier molecular flexibility index (Phi) is 5.07. The van der Waals surface area contributed by atoms with Crippen molar-refractivity contribution in [3.05, 3.63) is 55.9 Å². The van der Waals surface area contributed by atoms with E-state index < -0.39 is 0 Å². The van der Waals surface area contributed by atoms with E-state index in [-0.39, 0.29) is 5.91 Å². The van der Waals surface area contributed by atoms with E-state index in [2.05, 4.69) is 37.2 Å². The molecule has 0 aromatic heterocycles. The largest absolute Gasteiger partial charge is 0.495 e. The average Bonchev–Trinajstić information content (AvgIpc) is 2.37. The Hall–Kier alpha value is -1.04. The molecule has 104 valence electrons. The Morgan fingerprint density at radius 2 is 2.00 bits per heavy atom. The van der Waals surface area contributed by atoms with Crippen molar-refractivity contribution in [3.8, 4) is 5.75 Å². The second-order valence-electron chi connectivity index (χ2n) is 3.93. The van der Waals surface area contributed by atoms with E-state index in [0.29, 0.717) is 26.5 Å². The summed E-state index contributed by atoms with van der Waals surface area (Å²) in [5.41, 5.74) is 1.05. The molecule has 2 aromatic rings. The van der Waals surface area contributed by atoms with E-state index in [9.17, 15) is 4.79 Å². The summed E-state index contributed by atoms with van der Waals surface area (Å²) in [5, 5.41) is 3.34. The topological polar surface area (TPSA) is 38.3 Å². The molecular formula is C14H10Br2ClNO2. The molecule has 6 heteroatoms. The van der Waals surface area contributed by atoms with Crippen LogP contribution in [-0.4, -0.2) is 13.0 Å². The molecule has 0 bridgehead atoms. The molecule has 0 saturated heterocycles. The van der Waals surface area contributed by atoms with Gasteiger partial charge in [-0.1, -0.05) is 33.6 Å². The number of anilines is 1. The Morgan fingerprint density at radius 1 is 1.25 bits per heavy atom. The van der Waals surface area contributed by atoms with Gasteiger partial charge in [0.05, 0.1) is 17.1 Å². The normalized spacial score (nSPS) is 10.2. The summed E-state index contributed by atoms with van der Waals surface area (Å²) in [6, 6.07) is 10.5. The molecule has 0 aliphatic carbocycles. The lowest BCUT2D eigenvalue weighted by atomic mass is 10.2. The van der Waals surface area contributed by atoms with Crippen LogP contribution in [0.5, 0.6) is 5.75 Å². The number of carbonyl (C=O) groups is 1. The third kappa shape index (κ3) is 3.53. The summed E-state index contributed by atoms with van der Waals surface area (Å²) in [6.07, 6.45) is 0. The lowest BCUT2D eigenvalue weighted by Crippen LogP contribution is -2.13. The highest BCUT2D eigenvalue weighted by molar-refractivity contribution is 9.11. The van der Waals surface area contributed by atoms with Gasteiger partial charge in [0.1, 0.15) is 5.75 Å². The molecule has 2 aromatic carbocycles. The number of hydrogen-bond acceptors (Lipinski definition) is 2. The highest BCUT2D eigenvalue weighted by Crippen LogP contribution is 2.33. The Labute approximate surface area is 138 Å². The fourth-order valence-electron chi connectivity index (χ4n) is 1.70. The number of ether oxygens (including phenoxy) is 1. The predicted octanol–water partition coefficient (Wildman–Crippen LogP) is 5.13. The fraction of sp³-hybridized carbons (Fsp3) is 0.0714. The van der Waals surface area contributed by atoms with E-state index in [1.807, 2.05) is 6.07 Å². The summed E-state index contributed by atoms with van der Waals surface area (Å²) in [5.74, 6) is 0.207. The second kappa shape index (κ2) is 6.61. The molecule has 0 heterocycles. The molecule has 0 aliphatic rings. The lowest BCUT2D eigenvalue weighted by molar-refractivity contribution is 0.102. The van der Waals surface area contributed by atoms with Crippen molar-refractivity contribution in [1.82, 2.24) is 0 Å². The minimum Gasteiger partial charge on any atom is -0.495 e. The first-order chi connectivity index (χ1) is 9.51. The van der Waals surface area contributed by atoms with Gasteiger partial charge >= 0.3 is 0 Å². The van der Waals surface area contributed by atoms with Crippen LogP contribution in [-0.2, 0) is 0 Å². The van der Waals surface area contributed by atoms with E-state index in [0.717, 1.165) is 4.47 Å². The quantitative estimate of drug-likeness (QED) is 0.749. The first-order valence-corrected chi connectivity index (χ1v) is 7.57. The van der Waals surface area contributed by atoms with Gasteiger partial charge in [-0.25, -0.2) is 0 Å². The molecule has 0 radical (unpaired) electrons. The smallest absolute Gasteiger partial charge is 0.259 e. The number of nitrogens with one attached hydrogen (secondary N) is 1. The summed E-state index contributed by atoms with van der Waals surface area (Å²) in [4.78, 5) is 12.3. The number of rotatable bonds is 3. The highest BCUT2D eigenvalue weighted by Gasteiger charge is 2.16. The van der Waals surface area contributed by atoms with Crippen LogP contribution in [0.1, 0.15) is 10.4 Å². The zero-order valence-electron chi connectivity index (χ0n) is 10.4. The number of carbonyl (C=O) groups excluding carboxylic acids is 1. The maximum Gasteiger partial charge on any atom is 0.259 e. The highest BCUT2D eigenvalue weighted by atomic mass is 79.9. The predicted molar refractivity (Wildman–Crippen MR) is 87.8 cm³/mol. The molecule has 0 unspecified atom stereocenters. The summed E-state index contributed by atoms with van der Waals surface area (Å²) in [7, 11) is 1.52. The molecule has 3 nitrogen and oxygen atoms in total. The SMILES string of the molecule is COc1c(Br)cc(Br)cc1C(=O)Nc1cccc(Cl)c1.